The van der Waals surface area contributed by atoms with Crippen LogP contribution in [0.2, 0.25) is 0 Å². The highest BCUT2D eigenvalue weighted by Gasteiger charge is 2.24. The Labute approximate surface area is 155 Å². The van der Waals surface area contributed by atoms with Crippen LogP contribution >= 0.6 is 0 Å². The van der Waals surface area contributed by atoms with Crippen molar-refractivity contribution in [2.24, 2.45) is 0 Å². The van der Waals surface area contributed by atoms with Gasteiger partial charge in [0, 0.05) is 48.5 Å². The summed E-state index contributed by atoms with van der Waals surface area (Å²) in [6, 6.07) is 16.3. The molecule has 0 amide bonds. The monoisotopic (exact) mass is 349 g/mol. The minimum Gasteiger partial charge on any atom is -0.378 e. The third-order valence-electron chi connectivity index (χ3n) is 5.07. The first-order valence-electron chi connectivity index (χ1n) is 8.96. The first kappa shape index (κ1) is 18.2. The molecule has 1 aromatic heterocycles. The third kappa shape index (κ3) is 3.51. The number of H-pyrrole nitrogens is 1. The second-order valence-electron chi connectivity index (χ2n) is 7.19. The largest absolute Gasteiger partial charge is 0.378 e. The predicted molar refractivity (Wildman–Crippen MR) is 109 cm³/mol. The highest BCUT2D eigenvalue weighted by Crippen LogP contribution is 2.24. The van der Waals surface area contributed by atoms with Gasteiger partial charge < -0.3 is 9.88 Å². The highest BCUT2D eigenvalue weighted by molar-refractivity contribution is 6.11. The number of aromatic amines is 1. The summed E-state index contributed by atoms with van der Waals surface area (Å²) < 4.78 is 0. The number of fused-ring (bicyclic) bond motifs is 1. The Bertz CT molecular complexity index is 909. The van der Waals surface area contributed by atoms with Crippen LogP contribution in [-0.2, 0) is 6.54 Å². The van der Waals surface area contributed by atoms with E-state index in [-0.39, 0.29) is 11.8 Å². The average Bonchev–Trinajstić information content (AvgIpc) is 2.96. The van der Waals surface area contributed by atoms with E-state index in [0.717, 1.165) is 28.7 Å². The summed E-state index contributed by atoms with van der Waals surface area (Å²) in [5, 5.41) is 1.01. The zero-order chi connectivity index (χ0) is 18.8. The van der Waals surface area contributed by atoms with Crippen LogP contribution in [0.3, 0.4) is 0 Å². The molecule has 0 radical (unpaired) electrons. The number of hydrogen-bond donors (Lipinski definition) is 1. The van der Waals surface area contributed by atoms with Gasteiger partial charge in [-0.05, 0) is 44.7 Å². The first-order chi connectivity index (χ1) is 12.4. The van der Waals surface area contributed by atoms with Gasteiger partial charge in [-0.2, -0.15) is 0 Å². The molecule has 0 saturated heterocycles. The van der Waals surface area contributed by atoms with Crippen molar-refractivity contribution in [3.05, 3.63) is 65.4 Å². The van der Waals surface area contributed by atoms with Crippen LogP contribution < -0.4 is 4.90 Å². The van der Waals surface area contributed by atoms with E-state index < -0.39 is 0 Å². The van der Waals surface area contributed by atoms with Gasteiger partial charge in [0.2, 0.25) is 0 Å². The number of anilines is 1. The van der Waals surface area contributed by atoms with E-state index in [1.807, 2.05) is 59.3 Å². The van der Waals surface area contributed by atoms with Gasteiger partial charge in [0.05, 0.1) is 6.04 Å². The summed E-state index contributed by atoms with van der Waals surface area (Å²) >= 11 is 0. The van der Waals surface area contributed by atoms with Gasteiger partial charge in [-0.3, -0.25) is 9.69 Å². The van der Waals surface area contributed by atoms with Gasteiger partial charge in [-0.1, -0.05) is 30.3 Å². The van der Waals surface area contributed by atoms with Crippen LogP contribution in [-0.4, -0.2) is 42.9 Å². The fourth-order valence-corrected chi connectivity index (χ4v) is 3.33. The summed E-state index contributed by atoms with van der Waals surface area (Å²) in [5.41, 5.74) is 5.14. The van der Waals surface area contributed by atoms with Crippen molar-refractivity contribution in [3.8, 4) is 0 Å². The number of aryl methyl sites for hydroxylation is 1. The molecule has 1 atom stereocenters. The lowest BCUT2D eigenvalue weighted by atomic mass is 10.0. The molecule has 0 aliphatic rings. The Balaban J connectivity index is 1.78. The lowest BCUT2D eigenvalue weighted by Gasteiger charge is -2.24. The Morgan fingerprint density at radius 3 is 2.35 bits per heavy atom. The number of likely N-dealkylation sites (N-methyl/N-ethyl adjacent to an activating group) is 1. The molecular weight excluding hydrogens is 322 g/mol. The van der Waals surface area contributed by atoms with E-state index in [9.17, 15) is 4.79 Å². The zero-order valence-corrected chi connectivity index (χ0v) is 16.2. The molecule has 0 aliphatic carbocycles. The Kier molecular flexibility index (Phi) is 5.14. The lowest BCUT2D eigenvalue weighted by Crippen LogP contribution is -2.35. The van der Waals surface area contributed by atoms with Crippen LogP contribution in [0, 0.1) is 6.92 Å². The second kappa shape index (κ2) is 7.34. The van der Waals surface area contributed by atoms with E-state index in [2.05, 4.69) is 39.0 Å². The normalized spacial score (nSPS) is 12.5. The molecule has 136 valence electrons. The number of carbonyl (C=O) groups excluding carboxylic acids is 1. The number of benzene rings is 2. The molecular formula is C22H27N3O. The average molecular weight is 349 g/mol. The van der Waals surface area contributed by atoms with Crippen molar-refractivity contribution in [2.45, 2.75) is 26.4 Å². The van der Waals surface area contributed by atoms with E-state index in [1.54, 1.807) is 0 Å². The minimum atomic E-state index is -0.193. The molecule has 4 heteroatoms. The number of nitrogens with zero attached hydrogens (tertiary/aromatic N) is 2. The SMILES string of the molecule is Cc1[nH]c2ccccc2c1C(=O)[C@@H](C)N(C)Cc1ccc(N(C)C)cc1. The van der Waals surface area contributed by atoms with E-state index in [4.69, 9.17) is 0 Å². The molecule has 4 nitrogen and oxygen atoms in total. The summed E-state index contributed by atoms with van der Waals surface area (Å²) in [4.78, 5) is 20.7. The standard InChI is InChI=1S/C22H27N3O/c1-15-21(19-8-6-7-9-20(19)23-15)22(26)16(2)25(5)14-17-10-12-18(13-11-17)24(3)4/h6-13,16,23H,14H2,1-5H3/t16-/m1/s1. The van der Waals surface area contributed by atoms with Gasteiger partial charge in [0.15, 0.2) is 5.78 Å². The molecule has 0 aliphatic heterocycles. The smallest absolute Gasteiger partial charge is 0.182 e. The Hall–Kier alpha value is -2.59. The number of para-hydroxylation sites is 1. The molecule has 0 bridgehead atoms. The number of hydrogen-bond acceptors (Lipinski definition) is 3. The maximum atomic E-state index is 13.1. The quantitative estimate of drug-likeness (QED) is 0.677. The van der Waals surface area contributed by atoms with Gasteiger partial charge in [-0.15, -0.1) is 0 Å². The third-order valence-corrected chi connectivity index (χ3v) is 5.07. The fourth-order valence-electron chi connectivity index (χ4n) is 3.33. The number of carbonyl (C=O) groups is 1. The van der Waals surface area contributed by atoms with Gasteiger partial charge >= 0.3 is 0 Å². The first-order valence-corrected chi connectivity index (χ1v) is 8.96. The Morgan fingerprint density at radius 1 is 1.04 bits per heavy atom. The summed E-state index contributed by atoms with van der Waals surface area (Å²) in [6.07, 6.45) is 0. The van der Waals surface area contributed by atoms with Crippen molar-refractivity contribution >= 4 is 22.4 Å². The van der Waals surface area contributed by atoms with E-state index >= 15 is 0 Å². The van der Waals surface area contributed by atoms with Crippen LogP contribution in [0.4, 0.5) is 5.69 Å². The molecule has 0 fully saturated rings. The maximum absolute atomic E-state index is 13.1. The van der Waals surface area contributed by atoms with Gasteiger partial charge in [0.25, 0.3) is 0 Å². The van der Waals surface area contributed by atoms with Crippen molar-refractivity contribution in [1.29, 1.82) is 0 Å². The molecule has 0 spiro atoms. The molecule has 1 heterocycles. The molecule has 1 N–H and O–H groups in total. The van der Waals surface area contributed by atoms with Crippen molar-refractivity contribution in [2.75, 3.05) is 26.0 Å². The Morgan fingerprint density at radius 2 is 1.69 bits per heavy atom. The van der Waals surface area contributed by atoms with Gasteiger partial charge in [0.1, 0.15) is 0 Å². The van der Waals surface area contributed by atoms with Gasteiger partial charge in [-0.25, -0.2) is 0 Å². The van der Waals surface area contributed by atoms with E-state index in [1.165, 1.54) is 11.3 Å². The number of ketones is 1. The van der Waals surface area contributed by atoms with Crippen molar-refractivity contribution in [1.82, 2.24) is 9.88 Å². The fraction of sp³-hybridized carbons (Fsp3) is 0.318. The van der Waals surface area contributed by atoms with Crippen LogP contribution in [0.15, 0.2) is 48.5 Å². The van der Waals surface area contributed by atoms with Crippen LogP contribution in [0.1, 0.15) is 28.5 Å². The topological polar surface area (TPSA) is 39.3 Å². The molecule has 0 unspecified atom stereocenters. The molecule has 3 aromatic rings. The highest BCUT2D eigenvalue weighted by atomic mass is 16.1. The summed E-state index contributed by atoms with van der Waals surface area (Å²) in [6.45, 7) is 4.69. The summed E-state index contributed by atoms with van der Waals surface area (Å²) in [7, 11) is 6.07. The number of rotatable bonds is 6. The second-order valence-corrected chi connectivity index (χ2v) is 7.19. The van der Waals surface area contributed by atoms with E-state index in [0.29, 0.717) is 0 Å². The molecule has 2 aromatic carbocycles. The van der Waals surface area contributed by atoms with Crippen LogP contribution in [0.5, 0.6) is 0 Å². The lowest BCUT2D eigenvalue weighted by molar-refractivity contribution is 0.0863. The number of aromatic nitrogens is 1. The maximum Gasteiger partial charge on any atom is 0.182 e. The number of Topliss-reactive ketones (excluding diaryl/α,β-unsaturated/α-hetero) is 1. The van der Waals surface area contributed by atoms with Crippen LogP contribution in [0.25, 0.3) is 10.9 Å². The molecule has 26 heavy (non-hydrogen) atoms. The molecule has 0 saturated carbocycles. The van der Waals surface area contributed by atoms with Crippen molar-refractivity contribution in [3.63, 3.8) is 0 Å². The molecule has 3 rings (SSSR count). The predicted octanol–water partition coefficient (Wildman–Crippen LogP) is 4.25. The zero-order valence-electron chi connectivity index (χ0n) is 16.2. The minimum absolute atomic E-state index is 0.160. The van der Waals surface area contributed by atoms with Crippen molar-refractivity contribution < 1.29 is 4.79 Å². The summed E-state index contributed by atoms with van der Waals surface area (Å²) in [5.74, 6) is 0.160. The number of nitrogens with one attached hydrogen (secondary N) is 1.